The fourth-order valence-electron chi connectivity index (χ4n) is 2.84. The van der Waals surface area contributed by atoms with Crippen LogP contribution in [0.3, 0.4) is 0 Å². The summed E-state index contributed by atoms with van der Waals surface area (Å²) < 4.78 is 26.2. The molecule has 4 nitrogen and oxygen atoms in total. The Balaban J connectivity index is 1.99. The summed E-state index contributed by atoms with van der Waals surface area (Å²) in [6.07, 6.45) is 4.15. The van der Waals surface area contributed by atoms with Crippen LogP contribution in [-0.2, 0) is 22.8 Å². The van der Waals surface area contributed by atoms with Gasteiger partial charge in [0.15, 0.2) is 9.84 Å². The van der Waals surface area contributed by atoms with Crippen LogP contribution in [0.1, 0.15) is 36.7 Å². The quantitative estimate of drug-likeness (QED) is 0.794. The van der Waals surface area contributed by atoms with Gasteiger partial charge in [0.2, 0.25) is 0 Å². The molecule has 1 fully saturated rings. The molecule has 1 unspecified atom stereocenters. The van der Waals surface area contributed by atoms with E-state index in [2.05, 4.69) is 25.5 Å². The van der Waals surface area contributed by atoms with Crippen LogP contribution in [0.4, 0.5) is 0 Å². The number of sulfone groups is 1. The van der Waals surface area contributed by atoms with Crippen molar-refractivity contribution in [3.05, 3.63) is 16.1 Å². The Hall–Kier alpha value is -0.360. The lowest BCUT2D eigenvalue weighted by molar-refractivity contribution is 0.499. The van der Waals surface area contributed by atoms with Gasteiger partial charge in [0.25, 0.3) is 0 Å². The molecule has 0 spiro atoms. The molecule has 3 rings (SSSR count). The van der Waals surface area contributed by atoms with Gasteiger partial charge in [0.1, 0.15) is 10.4 Å². The third kappa shape index (κ3) is 2.05. The summed E-state index contributed by atoms with van der Waals surface area (Å²) in [5.41, 5.74) is 1.25. The van der Waals surface area contributed by atoms with Crippen LogP contribution in [0.2, 0.25) is 0 Å². The lowest BCUT2D eigenvalue weighted by atomic mass is 10.1. The van der Waals surface area contributed by atoms with Gasteiger partial charge in [-0.3, -0.25) is 0 Å². The monoisotopic (exact) mass is 318 g/mol. The van der Waals surface area contributed by atoms with E-state index >= 15 is 0 Å². The van der Waals surface area contributed by atoms with E-state index in [-0.39, 0.29) is 11.7 Å². The molecule has 0 N–H and O–H groups in total. The number of rotatable bonds is 1. The Kier molecular flexibility index (Phi) is 2.82. The Bertz CT molecular complexity index is 550. The molecule has 0 amide bonds. The largest absolute Gasteiger partial charge is 0.331 e. The summed E-state index contributed by atoms with van der Waals surface area (Å²) in [6.45, 7) is 0.986. The first-order valence-corrected chi connectivity index (χ1v) is 8.63. The molecular weight excluding hydrogens is 304 g/mol. The number of nitrogens with zero attached hydrogens (tertiary/aromatic N) is 2. The van der Waals surface area contributed by atoms with E-state index in [9.17, 15) is 8.42 Å². The molecule has 94 valence electrons. The van der Waals surface area contributed by atoms with Crippen LogP contribution >= 0.6 is 15.9 Å². The highest BCUT2D eigenvalue weighted by Crippen LogP contribution is 2.33. The Morgan fingerprint density at radius 2 is 2.18 bits per heavy atom. The second kappa shape index (κ2) is 4.09. The van der Waals surface area contributed by atoms with Crippen molar-refractivity contribution < 1.29 is 8.42 Å². The molecule has 2 aliphatic heterocycles. The number of hydrogen-bond donors (Lipinski definition) is 0. The predicted molar refractivity (Wildman–Crippen MR) is 68.9 cm³/mol. The van der Waals surface area contributed by atoms with Crippen LogP contribution < -0.4 is 0 Å². The molecule has 0 saturated carbocycles. The van der Waals surface area contributed by atoms with E-state index in [1.807, 2.05) is 0 Å². The normalized spacial score (nSPS) is 27.0. The van der Waals surface area contributed by atoms with Crippen LogP contribution in [0.15, 0.2) is 4.60 Å². The van der Waals surface area contributed by atoms with Crippen molar-refractivity contribution in [3.8, 4) is 0 Å². The van der Waals surface area contributed by atoms with Crippen molar-refractivity contribution in [2.45, 2.75) is 38.1 Å². The van der Waals surface area contributed by atoms with E-state index in [1.54, 1.807) is 0 Å². The van der Waals surface area contributed by atoms with Gasteiger partial charge in [-0.25, -0.2) is 13.4 Å². The van der Waals surface area contributed by atoms with Crippen LogP contribution in [-0.4, -0.2) is 29.5 Å². The van der Waals surface area contributed by atoms with E-state index in [4.69, 9.17) is 0 Å². The van der Waals surface area contributed by atoms with Crippen molar-refractivity contribution in [1.29, 1.82) is 0 Å². The third-order valence-corrected chi connectivity index (χ3v) is 6.10. The second-order valence-corrected chi connectivity index (χ2v) is 7.90. The maximum atomic E-state index is 11.5. The molecule has 0 radical (unpaired) electrons. The van der Waals surface area contributed by atoms with E-state index in [0.29, 0.717) is 5.75 Å². The van der Waals surface area contributed by atoms with Gasteiger partial charge < -0.3 is 4.57 Å². The fourth-order valence-corrected chi connectivity index (χ4v) is 5.17. The standard InChI is InChI=1S/C11H15BrN2O2S/c12-10-9-3-1-2-5-14(9)11(13-10)8-4-6-17(15,16)7-8/h8H,1-7H2. The molecule has 6 heteroatoms. The number of halogens is 1. The minimum atomic E-state index is -2.83. The molecule has 2 aliphatic rings. The number of aromatic nitrogens is 2. The zero-order chi connectivity index (χ0) is 12.0. The predicted octanol–water partition coefficient (Wildman–Crippen LogP) is 1.88. The molecule has 3 heterocycles. The number of fused-ring (bicyclic) bond motifs is 1. The SMILES string of the molecule is O=S1(=O)CCC(c2nc(Br)c3n2CCCC3)C1. The second-order valence-electron chi connectivity index (χ2n) is 4.92. The third-order valence-electron chi connectivity index (χ3n) is 3.70. The van der Waals surface area contributed by atoms with E-state index in [1.165, 1.54) is 18.5 Å². The molecule has 0 aliphatic carbocycles. The highest BCUT2D eigenvalue weighted by Gasteiger charge is 2.33. The maximum Gasteiger partial charge on any atom is 0.151 e. The smallest absolute Gasteiger partial charge is 0.151 e. The lowest BCUT2D eigenvalue weighted by Gasteiger charge is -2.18. The Morgan fingerprint density at radius 1 is 1.35 bits per heavy atom. The summed E-state index contributed by atoms with van der Waals surface area (Å²) in [6, 6.07) is 0. The fraction of sp³-hybridized carbons (Fsp3) is 0.727. The zero-order valence-corrected chi connectivity index (χ0v) is 11.9. The molecule has 1 aromatic heterocycles. The minimum Gasteiger partial charge on any atom is -0.331 e. The van der Waals surface area contributed by atoms with Gasteiger partial charge in [-0.15, -0.1) is 0 Å². The van der Waals surface area contributed by atoms with E-state index < -0.39 is 9.84 Å². The Morgan fingerprint density at radius 3 is 2.88 bits per heavy atom. The molecule has 1 atom stereocenters. The number of hydrogen-bond acceptors (Lipinski definition) is 3. The van der Waals surface area contributed by atoms with Crippen molar-refractivity contribution in [2.24, 2.45) is 0 Å². The summed E-state index contributed by atoms with van der Waals surface area (Å²) in [5.74, 6) is 1.67. The molecular formula is C11H15BrN2O2S. The average molecular weight is 319 g/mol. The highest BCUT2D eigenvalue weighted by atomic mass is 79.9. The van der Waals surface area contributed by atoms with Crippen molar-refractivity contribution in [1.82, 2.24) is 9.55 Å². The van der Waals surface area contributed by atoms with Crippen molar-refractivity contribution in [2.75, 3.05) is 11.5 Å². The molecule has 17 heavy (non-hydrogen) atoms. The van der Waals surface area contributed by atoms with Gasteiger partial charge >= 0.3 is 0 Å². The molecule has 1 saturated heterocycles. The molecule has 0 aromatic carbocycles. The molecule has 1 aromatic rings. The van der Waals surface area contributed by atoms with Gasteiger partial charge in [-0.2, -0.15) is 0 Å². The summed E-state index contributed by atoms with van der Waals surface area (Å²) in [4.78, 5) is 4.56. The minimum absolute atomic E-state index is 0.100. The van der Waals surface area contributed by atoms with Gasteiger partial charge in [-0.05, 0) is 41.6 Å². The van der Waals surface area contributed by atoms with Gasteiger partial charge in [0.05, 0.1) is 17.2 Å². The number of imidazole rings is 1. The van der Waals surface area contributed by atoms with Crippen LogP contribution in [0.25, 0.3) is 0 Å². The first-order chi connectivity index (χ1) is 8.07. The lowest BCUT2D eigenvalue weighted by Crippen LogP contribution is -2.16. The van der Waals surface area contributed by atoms with Crippen LogP contribution in [0, 0.1) is 0 Å². The maximum absolute atomic E-state index is 11.5. The molecule has 0 bridgehead atoms. The van der Waals surface area contributed by atoms with Gasteiger partial charge in [0, 0.05) is 12.5 Å². The van der Waals surface area contributed by atoms with E-state index in [0.717, 1.165) is 29.8 Å². The Labute approximate surface area is 109 Å². The average Bonchev–Trinajstić information content (AvgIpc) is 2.81. The van der Waals surface area contributed by atoms with Crippen molar-refractivity contribution >= 4 is 25.8 Å². The zero-order valence-electron chi connectivity index (χ0n) is 9.52. The first kappa shape index (κ1) is 11.7. The topological polar surface area (TPSA) is 52.0 Å². The van der Waals surface area contributed by atoms with Crippen molar-refractivity contribution in [3.63, 3.8) is 0 Å². The summed E-state index contributed by atoms with van der Waals surface area (Å²) in [5, 5.41) is 0. The highest BCUT2D eigenvalue weighted by molar-refractivity contribution is 9.10. The van der Waals surface area contributed by atoms with Gasteiger partial charge in [-0.1, -0.05) is 0 Å². The van der Waals surface area contributed by atoms with Crippen LogP contribution in [0.5, 0.6) is 0 Å². The summed E-state index contributed by atoms with van der Waals surface area (Å²) >= 11 is 3.50. The summed E-state index contributed by atoms with van der Waals surface area (Å²) in [7, 11) is -2.83. The first-order valence-electron chi connectivity index (χ1n) is 6.02.